The molecule has 0 spiro atoms. The Morgan fingerprint density at radius 1 is 1.38 bits per heavy atom. The van der Waals surface area contributed by atoms with E-state index in [1.807, 2.05) is 35.4 Å². The molecule has 2 heterocycles. The number of hydrogen-bond donors (Lipinski definition) is 0. The Morgan fingerprint density at radius 3 is 2.88 bits per heavy atom. The molecule has 0 radical (unpaired) electrons. The van der Waals surface area contributed by atoms with Crippen molar-refractivity contribution in [3.8, 4) is 11.5 Å². The second-order valence-corrected chi connectivity index (χ2v) is 7.03. The summed E-state index contributed by atoms with van der Waals surface area (Å²) in [4.78, 5) is 18.8. The molecule has 0 saturated carbocycles. The lowest BCUT2D eigenvalue weighted by Crippen LogP contribution is -2.30. The maximum atomic E-state index is 12.5. The van der Waals surface area contributed by atoms with Crippen LogP contribution in [0.3, 0.4) is 0 Å². The van der Waals surface area contributed by atoms with Crippen molar-refractivity contribution in [2.75, 3.05) is 27.3 Å². The zero-order valence-corrected chi connectivity index (χ0v) is 15.1. The van der Waals surface area contributed by atoms with Gasteiger partial charge in [-0.15, -0.1) is 11.3 Å². The van der Waals surface area contributed by atoms with Gasteiger partial charge in [-0.25, -0.2) is 4.98 Å². The number of hydrogen-bond acceptors (Lipinski definition) is 5. The molecule has 2 aromatic rings. The molecule has 1 fully saturated rings. The van der Waals surface area contributed by atoms with Crippen LogP contribution in [-0.2, 0) is 11.2 Å². The van der Waals surface area contributed by atoms with E-state index in [4.69, 9.17) is 9.47 Å². The number of likely N-dealkylation sites (tertiary alicyclic amines) is 1. The van der Waals surface area contributed by atoms with Crippen molar-refractivity contribution < 1.29 is 14.3 Å². The smallest absolute Gasteiger partial charge is 0.228 e. The molecule has 3 rings (SSSR count). The fourth-order valence-electron chi connectivity index (χ4n) is 3.16. The Morgan fingerprint density at radius 2 is 2.21 bits per heavy atom. The maximum Gasteiger partial charge on any atom is 0.228 e. The summed E-state index contributed by atoms with van der Waals surface area (Å²) in [6, 6.07) is 5.84. The summed E-state index contributed by atoms with van der Waals surface area (Å²) in [5.74, 6) is 2.08. The maximum absolute atomic E-state index is 12.5. The van der Waals surface area contributed by atoms with Crippen LogP contribution in [0, 0.1) is 6.92 Å². The lowest BCUT2D eigenvalue weighted by atomic mass is 9.97. The first-order chi connectivity index (χ1) is 11.6. The highest BCUT2D eigenvalue weighted by Gasteiger charge is 2.29. The first-order valence-electron chi connectivity index (χ1n) is 8.01. The Kier molecular flexibility index (Phi) is 5.04. The first kappa shape index (κ1) is 16.8. The molecule has 0 aliphatic carbocycles. The molecule has 1 aromatic carbocycles. The van der Waals surface area contributed by atoms with E-state index in [1.165, 1.54) is 0 Å². The van der Waals surface area contributed by atoms with Crippen LogP contribution in [0.15, 0.2) is 23.6 Å². The van der Waals surface area contributed by atoms with E-state index < -0.39 is 0 Å². The molecule has 1 atom stereocenters. The summed E-state index contributed by atoms with van der Waals surface area (Å²) in [7, 11) is 3.33. The second kappa shape index (κ2) is 7.21. The molecule has 1 saturated heterocycles. The third-order valence-corrected chi connectivity index (χ3v) is 5.24. The highest BCUT2D eigenvalue weighted by molar-refractivity contribution is 7.09. The Balaban J connectivity index is 1.69. The number of methoxy groups -OCH3 is 2. The number of nitrogens with zero attached hydrogens (tertiary/aromatic N) is 2. The summed E-state index contributed by atoms with van der Waals surface area (Å²) < 4.78 is 10.8. The normalized spacial score (nSPS) is 17.1. The van der Waals surface area contributed by atoms with Gasteiger partial charge in [0.15, 0.2) is 0 Å². The third-order valence-electron chi connectivity index (χ3n) is 4.42. The predicted octanol–water partition coefficient (Wildman–Crippen LogP) is 3.03. The Labute approximate surface area is 146 Å². The molecule has 0 N–H and O–H groups in total. The molecular weight excluding hydrogens is 324 g/mol. The van der Waals surface area contributed by atoms with E-state index in [0.29, 0.717) is 13.0 Å². The van der Waals surface area contributed by atoms with Gasteiger partial charge in [-0.2, -0.15) is 0 Å². The summed E-state index contributed by atoms with van der Waals surface area (Å²) in [6.07, 6.45) is 1.32. The van der Waals surface area contributed by atoms with E-state index in [-0.39, 0.29) is 11.8 Å². The number of amides is 1. The van der Waals surface area contributed by atoms with Crippen molar-refractivity contribution in [1.29, 1.82) is 0 Å². The number of aromatic nitrogens is 1. The van der Waals surface area contributed by atoms with Crippen LogP contribution in [0.2, 0.25) is 0 Å². The van der Waals surface area contributed by atoms with Crippen molar-refractivity contribution in [3.05, 3.63) is 39.8 Å². The zero-order valence-electron chi connectivity index (χ0n) is 14.2. The summed E-state index contributed by atoms with van der Waals surface area (Å²) in [5, 5.41) is 2.96. The van der Waals surface area contributed by atoms with Gasteiger partial charge in [0.2, 0.25) is 5.91 Å². The van der Waals surface area contributed by atoms with Gasteiger partial charge in [0.1, 0.15) is 11.5 Å². The van der Waals surface area contributed by atoms with Crippen LogP contribution < -0.4 is 9.47 Å². The molecule has 1 aliphatic rings. The highest BCUT2D eigenvalue weighted by atomic mass is 32.1. The summed E-state index contributed by atoms with van der Waals surface area (Å²) in [5.41, 5.74) is 1.97. The minimum Gasteiger partial charge on any atom is -0.497 e. The number of rotatable bonds is 5. The molecule has 1 aromatic heterocycles. The predicted molar refractivity (Wildman–Crippen MR) is 94.0 cm³/mol. The molecule has 6 heteroatoms. The highest BCUT2D eigenvalue weighted by Crippen LogP contribution is 2.36. The number of aryl methyl sites for hydroxylation is 1. The second-order valence-electron chi connectivity index (χ2n) is 5.97. The van der Waals surface area contributed by atoms with Gasteiger partial charge in [0, 0.05) is 30.0 Å². The molecule has 0 bridgehead atoms. The lowest BCUT2D eigenvalue weighted by Gasteiger charge is -2.18. The van der Waals surface area contributed by atoms with Gasteiger partial charge < -0.3 is 14.4 Å². The molecule has 1 aliphatic heterocycles. The van der Waals surface area contributed by atoms with Gasteiger partial charge in [-0.3, -0.25) is 4.79 Å². The molecular formula is C18H22N2O3S. The van der Waals surface area contributed by atoms with Gasteiger partial charge >= 0.3 is 0 Å². The number of thiazole rings is 1. The van der Waals surface area contributed by atoms with Crippen molar-refractivity contribution in [3.63, 3.8) is 0 Å². The largest absolute Gasteiger partial charge is 0.497 e. The summed E-state index contributed by atoms with van der Waals surface area (Å²) in [6.45, 7) is 3.44. The standard InChI is InChI=1S/C18H22N2O3S/c1-12-19-14(11-24-12)8-18(21)20-7-6-13(10-20)16-9-15(22-2)4-5-17(16)23-3/h4-5,9,11,13H,6-8,10H2,1-3H3/t13-/m0/s1. The molecule has 0 unspecified atom stereocenters. The SMILES string of the molecule is COc1ccc(OC)c([C@H]2CCN(C(=O)Cc3csc(C)n3)C2)c1. The van der Waals surface area contributed by atoms with E-state index >= 15 is 0 Å². The van der Waals surface area contributed by atoms with Crippen molar-refractivity contribution in [1.82, 2.24) is 9.88 Å². The van der Waals surface area contributed by atoms with Gasteiger partial charge in [0.25, 0.3) is 0 Å². The van der Waals surface area contributed by atoms with Crippen LogP contribution in [0.4, 0.5) is 0 Å². The van der Waals surface area contributed by atoms with E-state index in [1.54, 1.807) is 25.6 Å². The molecule has 5 nitrogen and oxygen atoms in total. The number of ether oxygens (including phenoxy) is 2. The first-order valence-corrected chi connectivity index (χ1v) is 8.89. The molecule has 128 valence electrons. The van der Waals surface area contributed by atoms with Gasteiger partial charge in [0.05, 0.1) is 31.3 Å². The van der Waals surface area contributed by atoms with Crippen LogP contribution >= 0.6 is 11.3 Å². The Hall–Kier alpha value is -2.08. The fraction of sp³-hybridized carbons (Fsp3) is 0.444. The number of benzene rings is 1. The van der Waals surface area contributed by atoms with E-state index in [0.717, 1.165) is 40.7 Å². The quantitative estimate of drug-likeness (QED) is 0.835. The van der Waals surface area contributed by atoms with E-state index in [2.05, 4.69) is 4.98 Å². The number of carbonyl (C=O) groups excluding carboxylic acids is 1. The molecule has 1 amide bonds. The molecule has 24 heavy (non-hydrogen) atoms. The summed E-state index contributed by atoms with van der Waals surface area (Å²) >= 11 is 1.58. The Bertz CT molecular complexity index is 729. The van der Waals surface area contributed by atoms with Crippen molar-refractivity contribution in [2.45, 2.75) is 25.7 Å². The minimum atomic E-state index is 0.143. The van der Waals surface area contributed by atoms with Crippen LogP contribution in [-0.4, -0.2) is 43.1 Å². The van der Waals surface area contributed by atoms with E-state index in [9.17, 15) is 4.79 Å². The fourth-order valence-corrected chi connectivity index (χ4v) is 3.77. The van der Waals surface area contributed by atoms with Crippen molar-refractivity contribution in [2.24, 2.45) is 0 Å². The third kappa shape index (κ3) is 3.53. The average molecular weight is 346 g/mol. The van der Waals surface area contributed by atoms with Crippen molar-refractivity contribution >= 4 is 17.2 Å². The average Bonchev–Trinajstić information content (AvgIpc) is 3.23. The topological polar surface area (TPSA) is 51.7 Å². The number of carbonyl (C=O) groups is 1. The van der Waals surface area contributed by atoms with Crippen LogP contribution in [0.5, 0.6) is 11.5 Å². The zero-order chi connectivity index (χ0) is 17.1. The van der Waals surface area contributed by atoms with Crippen LogP contribution in [0.1, 0.15) is 28.6 Å². The van der Waals surface area contributed by atoms with Crippen LogP contribution in [0.25, 0.3) is 0 Å². The van der Waals surface area contributed by atoms with Gasteiger partial charge in [-0.1, -0.05) is 0 Å². The monoisotopic (exact) mass is 346 g/mol. The minimum absolute atomic E-state index is 0.143. The van der Waals surface area contributed by atoms with Gasteiger partial charge in [-0.05, 0) is 31.5 Å². The lowest BCUT2D eigenvalue weighted by molar-refractivity contribution is -0.129.